The Bertz CT molecular complexity index is 486. The predicted octanol–water partition coefficient (Wildman–Crippen LogP) is 5.58. The number of aryl methyl sites for hydroxylation is 1. The zero-order valence-electron chi connectivity index (χ0n) is 16.5. The van der Waals surface area contributed by atoms with Crippen molar-refractivity contribution in [3.8, 4) is 0 Å². The van der Waals surface area contributed by atoms with Gasteiger partial charge in [0.1, 0.15) is 5.82 Å². The minimum absolute atomic E-state index is 0.00212. The van der Waals surface area contributed by atoms with E-state index in [9.17, 15) is 4.79 Å². The first kappa shape index (κ1) is 20.7. The number of carbonyl (C=O) groups is 1. The van der Waals surface area contributed by atoms with E-state index >= 15 is 0 Å². The van der Waals surface area contributed by atoms with E-state index in [1.807, 2.05) is 13.1 Å². The maximum absolute atomic E-state index is 12.1. The molecule has 1 N–H and O–H groups in total. The van der Waals surface area contributed by atoms with E-state index < -0.39 is 0 Å². The molecule has 4 nitrogen and oxygen atoms in total. The quantitative estimate of drug-likeness (QED) is 0.537. The van der Waals surface area contributed by atoms with Gasteiger partial charge in [-0.1, -0.05) is 79.1 Å². The fraction of sp³-hybridized carbons (Fsp3) is 0.800. The molecule has 0 aliphatic rings. The standard InChI is InChI=1S/C20H37N3O/c1-6-7-8-9-10-11-12-13-14-15-19(24)21-18-16-17(20(2,3)4)22-23(18)5/h16H,6-15H2,1-5H3,(H,21,24). The summed E-state index contributed by atoms with van der Waals surface area (Å²) in [6.07, 6.45) is 12.0. The minimum atomic E-state index is -0.00212. The van der Waals surface area contributed by atoms with Crippen molar-refractivity contribution in [1.29, 1.82) is 0 Å². The smallest absolute Gasteiger partial charge is 0.225 e. The Hall–Kier alpha value is -1.32. The molecule has 24 heavy (non-hydrogen) atoms. The Balaban J connectivity index is 2.17. The van der Waals surface area contributed by atoms with Gasteiger partial charge < -0.3 is 5.32 Å². The summed E-state index contributed by atoms with van der Waals surface area (Å²) in [5.41, 5.74) is 1.00. The number of anilines is 1. The third kappa shape index (κ3) is 7.98. The molecule has 1 rings (SSSR count). The molecule has 1 aromatic heterocycles. The van der Waals surface area contributed by atoms with Gasteiger partial charge in [0.05, 0.1) is 5.69 Å². The predicted molar refractivity (Wildman–Crippen MR) is 102 cm³/mol. The largest absolute Gasteiger partial charge is 0.311 e. The molecule has 0 saturated carbocycles. The summed E-state index contributed by atoms with van der Waals surface area (Å²) in [7, 11) is 1.88. The topological polar surface area (TPSA) is 46.9 Å². The fourth-order valence-electron chi connectivity index (χ4n) is 2.75. The van der Waals surface area contributed by atoms with Crippen LogP contribution in [0.4, 0.5) is 5.82 Å². The molecule has 0 fully saturated rings. The lowest BCUT2D eigenvalue weighted by Gasteiger charge is -2.13. The van der Waals surface area contributed by atoms with Crippen LogP contribution in [0.3, 0.4) is 0 Å². The van der Waals surface area contributed by atoms with Gasteiger partial charge in [-0.25, -0.2) is 0 Å². The van der Waals surface area contributed by atoms with Gasteiger partial charge in [0, 0.05) is 24.9 Å². The van der Waals surface area contributed by atoms with Crippen LogP contribution in [-0.4, -0.2) is 15.7 Å². The number of rotatable bonds is 11. The first-order valence-corrected chi connectivity index (χ1v) is 9.69. The van der Waals surface area contributed by atoms with E-state index in [1.165, 1.54) is 44.9 Å². The SMILES string of the molecule is CCCCCCCCCCCC(=O)Nc1cc(C(C)(C)C)nn1C. The first-order chi connectivity index (χ1) is 11.3. The Kier molecular flexibility index (Phi) is 9.09. The number of unbranched alkanes of at least 4 members (excludes halogenated alkanes) is 8. The zero-order chi connectivity index (χ0) is 18.0. The van der Waals surface area contributed by atoms with E-state index in [0.29, 0.717) is 6.42 Å². The fourth-order valence-corrected chi connectivity index (χ4v) is 2.75. The highest BCUT2D eigenvalue weighted by atomic mass is 16.1. The molecule has 1 aromatic rings. The third-order valence-electron chi connectivity index (χ3n) is 4.42. The molecule has 0 aliphatic heterocycles. The molecule has 1 heterocycles. The molecule has 0 unspecified atom stereocenters. The molecule has 0 saturated heterocycles. The monoisotopic (exact) mass is 335 g/mol. The van der Waals surface area contributed by atoms with Crippen LogP contribution in [0.25, 0.3) is 0 Å². The van der Waals surface area contributed by atoms with Crippen LogP contribution in [0.2, 0.25) is 0 Å². The molecule has 0 radical (unpaired) electrons. The normalized spacial score (nSPS) is 11.7. The van der Waals surface area contributed by atoms with Crippen LogP contribution in [0.15, 0.2) is 6.07 Å². The highest BCUT2D eigenvalue weighted by molar-refractivity contribution is 5.89. The molecule has 0 spiro atoms. The Morgan fingerprint density at radius 1 is 1.04 bits per heavy atom. The lowest BCUT2D eigenvalue weighted by molar-refractivity contribution is -0.116. The Morgan fingerprint density at radius 3 is 2.08 bits per heavy atom. The van der Waals surface area contributed by atoms with Gasteiger partial charge in [0.25, 0.3) is 0 Å². The highest BCUT2D eigenvalue weighted by Gasteiger charge is 2.19. The van der Waals surface area contributed by atoms with Gasteiger partial charge in [-0.15, -0.1) is 0 Å². The first-order valence-electron chi connectivity index (χ1n) is 9.69. The summed E-state index contributed by atoms with van der Waals surface area (Å²) >= 11 is 0. The number of amides is 1. The van der Waals surface area contributed by atoms with Crippen LogP contribution in [-0.2, 0) is 17.3 Å². The van der Waals surface area contributed by atoms with E-state index in [2.05, 4.69) is 38.1 Å². The second-order valence-corrected chi connectivity index (χ2v) is 7.92. The summed E-state index contributed by atoms with van der Waals surface area (Å²) in [5, 5.41) is 7.48. The number of aromatic nitrogens is 2. The van der Waals surface area contributed by atoms with Crippen LogP contribution < -0.4 is 5.32 Å². The molecule has 0 aromatic carbocycles. The molecular formula is C20H37N3O. The van der Waals surface area contributed by atoms with Crippen LogP contribution in [0.1, 0.15) is 97.6 Å². The van der Waals surface area contributed by atoms with Crippen molar-refractivity contribution in [2.45, 2.75) is 97.3 Å². The lowest BCUT2D eigenvalue weighted by atomic mass is 9.92. The number of carbonyl (C=O) groups excluding carboxylic acids is 1. The van der Waals surface area contributed by atoms with E-state index in [0.717, 1.165) is 24.4 Å². The van der Waals surface area contributed by atoms with Crippen LogP contribution in [0, 0.1) is 0 Å². The van der Waals surface area contributed by atoms with Gasteiger partial charge >= 0.3 is 0 Å². The molecule has 0 atom stereocenters. The number of hydrogen-bond acceptors (Lipinski definition) is 2. The summed E-state index contributed by atoms with van der Waals surface area (Å²) in [5.74, 6) is 0.891. The summed E-state index contributed by atoms with van der Waals surface area (Å²) in [4.78, 5) is 12.1. The molecule has 0 bridgehead atoms. The van der Waals surface area contributed by atoms with Crippen molar-refractivity contribution in [3.05, 3.63) is 11.8 Å². The third-order valence-corrected chi connectivity index (χ3v) is 4.42. The summed E-state index contributed by atoms with van der Waals surface area (Å²) < 4.78 is 1.76. The van der Waals surface area contributed by atoms with Crippen molar-refractivity contribution in [2.75, 3.05) is 5.32 Å². The lowest BCUT2D eigenvalue weighted by Crippen LogP contribution is -2.13. The minimum Gasteiger partial charge on any atom is -0.311 e. The Morgan fingerprint density at radius 2 is 1.58 bits per heavy atom. The average Bonchev–Trinajstić information content (AvgIpc) is 2.87. The maximum atomic E-state index is 12.1. The van der Waals surface area contributed by atoms with Gasteiger partial charge in [-0.2, -0.15) is 5.10 Å². The van der Waals surface area contributed by atoms with Gasteiger partial charge in [0.15, 0.2) is 0 Å². The number of nitrogens with one attached hydrogen (secondary N) is 1. The molecule has 138 valence electrons. The average molecular weight is 336 g/mol. The zero-order valence-corrected chi connectivity index (χ0v) is 16.5. The molecule has 1 amide bonds. The van der Waals surface area contributed by atoms with Crippen molar-refractivity contribution < 1.29 is 4.79 Å². The highest BCUT2D eigenvalue weighted by Crippen LogP contribution is 2.23. The van der Waals surface area contributed by atoms with Crippen molar-refractivity contribution >= 4 is 11.7 Å². The van der Waals surface area contributed by atoms with E-state index in [1.54, 1.807) is 4.68 Å². The van der Waals surface area contributed by atoms with Gasteiger partial charge in [0.2, 0.25) is 5.91 Å². The van der Waals surface area contributed by atoms with Crippen molar-refractivity contribution in [1.82, 2.24) is 9.78 Å². The van der Waals surface area contributed by atoms with Crippen molar-refractivity contribution in [2.24, 2.45) is 7.05 Å². The molecular weight excluding hydrogens is 298 g/mol. The van der Waals surface area contributed by atoms with Gasteiger partial charge in [-0.05, 0) is 6.42 Å². The summed E-state index contributed by atoms with van der Waals surface area (Å²) in [6.45, 7) is 8.63. The molecule has 0 aliphatic carbocycles. The summed E-state index contributed by atoms with van der Waals surface area (Å²) in [6, 6.07) is 1.98. The van der Waals surface area contributed by atoms with Gasteiger partial charge in [-0.3, -0.25) is 9.48 Å². The van der Waals surface area contributed by atoms with Crippen molar-refractivity contribution in [3.63, 3.8) is 0 Å². The van der Waals surface area contributed by atoms with E-state index in [4.69, 9.17) is 0 Å². The second-order valence-electron chi connectivity index (χ2n) is 7.92. The van der Waals surface area contributed by atoms with Crippen LogP contribution >= 0.6 is 0 Å². The molecule has 4 heteroatoms. The second kappa shape index (κ2) is 10.5. The van der Waals surface area contributed by atoms with Crippen LogP contribution in [0.5, 0.6) is 0 Å². The maximum Gasteiger partial charge on any atom is 0.225 e. The number of nitrogens with zero attached hydrogens (tertiary/aromatic N) is 2. The van der Waals surface area contributed by atoms with E-state index in [-0.39, 0.29) is 11.3 Å². The Labute approximate surface area is 148 Å². The number of hydrogen-bond donors (Lipinski definition) is 1.